The number of ketones is 1. The first-order chi connectivity index (χ1) is 8.36. The van der Waals surface area contributed by atoms with E-state index in [2.05, 4.69) is 10.3 Å². The summed E-state index contributed by atoms with van der Waals surface area (Å²) in [6, 6.07) is 3.60. The summed E-state index contributed by atoms with van der Waals surface area (Å²) in [6.07, 6.45) is 5.28. The van der Waals surface area contributed by atoms with Crippen LogP contribution in [0.4, 0.5) is 0 Å². The number of carbonyl (C=O) groups is 1. The van der Waals surface area contributed by atoms with Crippen LogP contribution in [0, 0.1) is 5.92 Å². The second kappa shape index (κ2) is 6.57. The van der Waals surface area contributed by atoms with Gasteiger partial charge in [-0.05, 0) is 50.4 Å². The third-order valence-corrected chi connectivity index (χ3v) is 3.26. The highest BCUT2D eigenvalue weighted by atomic mass is 16.5. The van der Waals surface area contributed by atoms with Crippen LogP contribution in [-0.2, 0) is 4.74 Å². The Morgan fingerprint density at radius 2 is 2.24 bits per heavy atom. The lowest BCUT2D eigenvalue weighted by Gasteiger charge is -2.22. The smallest absolute Gasteiger partial charge is 0.204 e. The van der Waals surface area contributed by atoms with Gasteiger partial charge in [-0.1, -0.05) is 0 Å². The predicted molar refractivity (Wildman–Crippen MR) is 66.2 cm³/mol. The van der Waals surface area contributed by atoms with Gasteiger partial charge in [-0.3, -0.25) is 4.79 Å². The van der Waals surface area contributed by atoms with Gasteiger partial charge < -0.3 is 15.0 Å². The van der Waals surface area contributed by atoms with E-state index in [-0.39, 0.29) is 12.4 Å². The minimum Gasteiger partial charge on any atom is -0.373 e. The maximum Gasteiger partial charge on any atom is 0.204 e. The summed E-state index contributed by atoms with van der Waals surface area (Å²) in [4.78, 5) is 14.5. The van der Waals surface area contributed by atoms with Gasteiger partial charge in [0, 0.05) is 12.8 Å². The van der Waals surface area contributed by atoms with E-state index in [0.717, 1.165) is 25.4 Å². The molecule has 4 nitrogen and oxygen atoms in total. The van der Waals surface area contributed by atoms with Crippen molar-refractivity contribution in [1.29, 1.82) is 0 Å². The zero-order chi connectivity index (χ0) is 11.9. The Morgan fingerprint density at radius 3 is 2.94 bits per heavy atom. The van der Waals surface area contributed by atoms with E-state index in [9.17, 15) is 4.79 Å². The molecule has 0 aromatic carbocycles. The molecular weight excluding hydrogens is 216 g/mol. The minimum absolute atomic E-state index is 0.0281. The predicted octanol–water partition coefficient (Wildman–Crippen LogP) is 1.60. The van der Waals surface area contributed by atoms with Gasteiger partial charge in [0.15, 0.2) is 0 Å². The lowest BCUT2D eigenvalue weighted by Crippen LogP contribution is -2.28. The van der Waals surface area contributed by atoms with Crippen molar-refractivity contribution in [1.82, 2.24) is 10.3 Å². The van der Waals surface area contributed by atoms with E-state index >= 15 is 0 Å². The van der Waals surface area contributed by atoms with Crippen molar-refractivity contribution in [2.24, 2.45) is 5.92 Å². The molecule has 94 valence electrons. The molecule has 2 N–H and O–H groups in total. The van der Waals surface area contributed by atoms with Crippen LogP contribution in [0.5, 0.6) is 0 Å². The van der Waals surface area contributed by atoms with Gasteiger partial charge in [0.1, 0.15) is 6.61 Å². The van der Waals surface area contributed by atoms with Crippen molar-refractivity contribution >= 4 is 5.78 Å². The molecule has 0 amide bonds. The molecule has 0 bridgehead atoms. The Balaban J connectivity index is 1.58. The monoisotopic (exact) mass is 236 g/mol. The van der Waals surface area contributed by atoms with E-state index < -0.39 is 0 Å². The number of aromatic nitrogens is 1. The molecule has 1 aliphatic rings. The van der Waals surface area contributed by atoms with Crippen LogP contribution in [-0.4, -0.2) is 37.1 Å². The largest absolute Gasteiger partial charge is 0.373 e. The lowest BCUT2D eigenvalue weighted by molar-refractivity contribution is 0.0719. The first-order valence-electron chi connectivity index (χ1n) is 6.31. The molecule has 1 fully saturated rings. The fourth-order valence-corrected chi connectivity index (χ4v) is 2.17. The van der Waals surface area contributed by atoms with Gasteiger partial charge in [0.25, 0.3) is 0 Å². The Bertz CT molecular complexity index is 329. The third-order valence-electron chi connectivity index (χ3n) is 3.26. The fourth-order valence-electron chi connectivity index (χ4n) is 2.17. The summed E-state index contributed by atoms with van der Waals surface area (Å²) in [5, 5.41) is 3.34. The molecule has 2 rings (SSSR count). The number of hydrogen-bond acceptors (Lipinski definition) is 3. The van der Waals surface area contributed by atoms with Gasteiger partial charge in [0.2, 0.25) is 5.78 Å². The minimum atomic E-state index is 0.0281. The van der Waals surface area contributed by atoms with Crippen molar-refractivity contribution in [2.75, 3.05) is 26.3 Å². The number of aromatic amines is 1. The SMILES string of the molecule is O=C(COCCC1CCNCC1)c1ccc[nH]1. The first-order valence-corrected chi connectivity index (χ1v) is 6.31. The van der Waals surface area contributed by atoms with E-state index in [1.807, 2.05) is 6.07 Å². The van der Waals surface area contributed by atoms with Crippen LogP contribution >= 0.6 is 0 Å². The average Bonchev–Trinajstić information content (AvgIpc) is 2.89. The molecule has 17 heavy (non-hydrogen) atoms. The van der Waals surface area contributed by atoms with Crippen LogP contribution in [0.2, 0.25) is 0 Å². The third kappa shape index (κ3) is 3.98. The standard InChI is InChI=1S/C13H20N2O2/c16-13(12-2-1-6-15-12)10-17-9-5-11-3-7-14-8-4-11/h1-2,6,11,14-15H,3-5,7-10H2. The first kappa shape index (κ1) is 12.3. The number of hydrogen-bond donors (Lipinski definition) is 2. The van der Waals surface area contributed by atoms with Crippen LogP contribution in [0.15, 0.2) is 18.3 Å². The van der Waals surface area contributed by atoms with E-state index in [1.54, 1.807) is 12.3 Å². The Hall–Kier alpha value is -1.13. The van der Waals surface area contributed by atoms with Crippen LogP contribution < -0.4 is 5.32 Å². The van der Waals surface area contributed by atoms with Crippen LogP contribution in [0.25, 0.3) is 0 Å². The van der Waals surface area contributed by atoms with Crippen molar-refractivity contribution in [3.63, 3.8) is 0 Å². The zero-order valence-electron chi connectivity index (χ0n) is 10.1. The van der Waals surface area contributed by atoms with Gasteiger partial charge in [-0.2, -0.15) is 0 Å². The summed E-state index contributed by atoms with van der Waals surface area (Å²) in [5.41, 5.74) is 0.631. The zero-order valence-corrected chi connectivity index (χ0v) is 10.1. The number of Topliss-reactive ketones (excluding diaryl/α,β-unsaturated/α-hetero) is 1. The highest BCUT2D eigenvalue weighted by Crippen LogP contribution is 2.15. The van der Waals surface area contributed by atoms with Gasteiger partial charge in [-0.25, -0.2) is 0 Å². The molecule has 1 aromatic rings. The van der Waals surface area contributed by atoms with Crippen molar-refractivity contribution < 1.29 is 9.53 Å². The quantitative estimate of drug-likeness (QED) is 0.582. The molecule has 0 unspecified atom stereocenters. The Morgan fingerprint density at radius 1 is 1.41 bits per heavy atom. The van der Waals surface area contributed by atoms with Gasteiger partial charge >= 0.3 is 0 Å². The summed E-state index contributed by atoms with van der Waals surface area (Å²) >= 11 is 0. The summed E-state index contributed by atoms with van der Waals surface area (Å²) < 4.78 is 5.43. The summed E-state index contributed by atoms with van der Waals surface area (Å²) in [6.45, 7) is 3.11. The lowest BCUT2D eigenvalue weighted by atomic mass is 9.95. The molecule has 0 saturated carbocycles. The maximum atomic E-state index is 11.6. The number of piperidine rings is 1. The van der Waals surface area contributed by atoms with Crippen LogP contribution in [0.1, 0.15) is 29.8 Å². The molecule has 0 spiro atoms. The van der Waals surface area contributed by atoms with Crippen molar-refractivity contribution in [3.05, 3.63) is 24.0 Å². The normalized spacial score (nSPS) is 17.2. The fraction of sp³-hybridized carbons (Fsp3) is 0.615. The second-order valence-corrected chi connectivity index (χ2v) is 4.54. The molecule has 0 radical (unpaired) electrons. The maximum absolute atomic E-state index is 11.6. The van der Waals surface area contributed by atoms with E-state index in [1.165, 1.54) is 12.8 Å². The van der Waals surface area contributed by atoms with Gasteiger partial charge in [-0.15, -0.1) is 0 Å². The average molecular weight is 236 g/mol. The molecule has 4 heteroatoms. The molecular formula is C13H20N2O2. The molecule has 0 aliphatic carbocycles. The number of nitrogens with one attached hydrogen (secondary N) is 2. The number of rotatable bonds is 6. The molecule has 1 aliphatic heterocycles. The number of H-pyrrole nitrogens is 1. The van der Waals surface area contributed by atoms with Crippen molar-refractivity contribution in [3.8, 4) is 0 Å². The number of ether oxygens (including phenoxy) is 1. The highest BCUT2D eigenvalue weighted by molar-refractivity contribution is 5.95. The van der Waals surface area contributed by atoms with Gasteiger partial charge in [0.05, 0.1) is 5.69 Å². The van der Waals surface area contributed by atoms with Crippen LogP contribution in [0.3, 0.4) is 0 Å². The molecule has 1 aromatic heterocycles. The number of carbonyl (C=O) groups excluding carboxylic acids is 1. The van der Waals surface area contributed by atoms with Crippen molar-refractivity contribution in [2.45, 2.75) is 19.3 Å². The molecule has 2 heterocycles. The Labute approximate surface area is 102 Å². The second-order valence-electron chi connectivity index (χ2n) is 4.54. The van der Waals surface area contributed by atoms with E-state index in [0.29, 0.717) is 12.3 Å². The summed E-state index contributed by atoms with van der Waals surface area (Å²) in [7, 11) is 0. The molecule has 1 saturated heterocycles. The summed E-state index contributed by atoms with van der Waals surface area (Å²) in [5.74, 6) is 0.789. The molecule has 0 atom stereocenters. The van der Waals surface area contributed by atoms with E-state index in [4.69, 9.17) is 4.74 Å². The topological polar surface area (TPSA) is 54.1 Å². The Kier molecular flexibility index (Phi) is 4.76. The highest BCUT2D eigenvalue weighted by Gasteiger charge is 2.13.